The summed E-state index contributed by atoms with van der Waals surface area (Å²) < 4.78 is 47.9. The van der Waals surface area contributed by atoms with Gasteiger partial charge in [0.1, 0.15) is 0 Å². The van der Waals surface area contributed by atoms with Crippen molar-refractivity contribution >= 4 is 25.7 Å². The van der Waals surface area contributed by atoms with Crippen LogP contribution in [0.5, 0.6) is 0 Å². The highest BCUT2D eigenvalue weighted by atomic mass is 32.2. The van der Waals surface area contributed by atoms with Gasteiger partial charge in [0.25, 0.3) is 0 Å². The van der Waals surface area contributed by atoms with Crippen LogP contribution in [0, 0.1) is 6.92 Å². The molecule has 1 aromatic rings. The highest BCUT2D eigenvalue weighted by molar-refractivity contribution is 7.94. The minimum absolute atomic E-state index is 0.0220. The molecule has 0 aromatic heterocycles. The Labute approximate surface area is 114 Å². The quantitative estimate of drug-likeness (QED) is 0.874. The van der Waals surface area contributed by atoms with Gasteiger partial charge >= 0.3 is 0 Å². The summed E-state index contributed by atoms with van der Waals surface area (Å²) in [7, 11) is -7.35. The average molecular weight is 306 g/mol. The number of rotatable bonds is 3. The lowest BCUT2D eigenvalue weighted by Gasteiger charge is -2.20. The van der Waals surface area contributed by atoms with Crippen molar-refractivity contribution in [2.75, 3.05) is 4.72 Å². The second-order valence-electron chi connectivity index (χ2n) is 5.24. The van der Waals surface area contributed by atoms with Gasteiger partial charge in [-0.15, -0.1) is 0 Å². The van der Waals surface area contributed by atoms with Crippen LogP contribution in [0.1, 0.15) is 26.3 Å². The van der Waals surface area contributed by atoms with Crippen molar-refractivity contribution in [1.82, 2.24) is 0 Å². The van der Waals surface area contributed by atoms with E-state index in [9.17, 15) is 16.8 Å². The summed E-state index contributed by atoms with van der Waals surface area (Å²) in [5.41, 5.74) is 0.691. The Morgan fingerprint density at radius 3 is 2.00 bits per heavy atom. The van der Waals surface area contributed by atoms with E-state index in [1.165, 1.54) is 18.2 Å². The number of primary sulfonamides is 1. The molecule has 0 fully saturated rings. The molecular weight excluding hydrogens is 288 g/mol. The Balaban J connectivity index is 3.19. The molecule has 1 aromatic carbocycles. The topological polar surface area (TPSA) is 106 Å². The summed E-state index contributed by atoms with van der Waals surface area (Å²) in [6, 6.07) is 4.09. The van der Waals surface area contributed by atoms with E-state index in [0.717, 1.165) is 0 Å². The number of aryl methyl sites for hydroxylation is 1. The standard InChI is InChI=1S/C11H18N2O4S2/c1-8-7-9(5-6-10(8)18(12,14)15)13-19(16,17)11(2,3)4/h5-7,13H,1-4H3,(H2,12,14,15). The third-order valence-electron chi connectivity index (χ3n) is 2.54. The van der Waals surface area contributed by atoms with Crippen LogP contribution in [-0.2, 0) is 20.0 Å². The van der Waals surface area contributed by atoms with E-state index >= 15 is 0 Å². The lowest BCUT2D eigenvalue weighted by Crippen LogP contribution is -2.33. The first-order valence-electron chi connectivity index (χ1n) is 5.50. The lowest BCUT2D eigenvalue weighted by molar-refractivity contribution is 0.566. The first-order valence-corrected chi connectivity index (χ1v) is 8.53. The Morgan fingerprint density at radius 2 is 1.63 bits per heavy atom. The molecule has 1 rings (SSSR count). The molecule has 0 saturated heterocycles. The maximum absolute atomic E-state index is 12.0. The van der Waals surface area contributed by atoms with Gasteiger partial charge in [-0.2, -0.15) is 0 Å². The number of nitrogens with two attached hydrogens (primary N) is 1. The Bertz CT molecular complexity index is 686. The molecule has 0 spiro atoms. The van der Waals surface area contributed by atoms with Gasteiger partial charge in [0.15, 0.2) is 0 Å². The van der Waals surface area contributed by atoms with Gasteiger partial charge in [-0.05, 0) is 51.5 Å². The fourth-order valence-corrected chi connectivity index (χ4v) is 2.85. The van der Waals surface area contributed by atoms with E-state index in [2.05, 4.69) is 4.72 Å². The van der Waals surface area contributed by atoms with Crippen molar-refractivity contribution in [1.29, 1.82) is 0 Å². The first kappa shape index (κ1) is 15.9. The van der Waals surface area contributed by atoms with Gasteiger partial charge in [0.05, 0.1) is 9.64 Å². The SMILES string of the molecule is Cc1cc(NS(=O)(=O)C(C)(C)C)ccc1S(N)(=O)=O. The zero-order valence-corrected chi connectivity index (χ0v) is 12.9. The molecule has 0 heterocycles. The highest BCUT2D eigenvalue weighted by Gasteiger charge is 2.29. The average Bonchev–Trinajstić information content (AvgIpc) is 2.12. The number of hydrogen-bond acceptors (Lipinski definition) is 4. The molecule has 0 aliphatic carbocycles. The van der Waals surface area contributed by atoms with Gasteiger partial charge in [0, 0.05) is 5.69 Å². The molecule has 108 valence electrons. The van der Waals surface area contributed by atoms with Crippen LogP contribution in [0.2, 0.25) is 0 Å². The lowest BCUT2D eigenvalue weighted by atomic mass is 10.2. The van der Waals surface area contributed by atoms with E-state index in [4.69, 9.17) is 5.14 Å². The van der Waals surface area contributed by atoms with E-state index in [-0.39, 0.29) is 4.90 Å². The van der Waals surface area contributed by atoms with Gasteiger partial charge in [0.2, 0.25) is 20.0 Å². The molecule has 0 aliphatic heterocycles. The van der Waals surface area contributed by atoms with Crippen LogP contribution >= 0.6 is 0 Å². The molecule has 0 amide bonds. The molecule has 0 unspecified atom stereocenters. The Kier molecular flexibility index (Phi) is 4.00. The Morgan fingerprint density at radius 1 is 1.11 bits per heavy atom. The fourth-order valence-electron chi connectivity index (χ4n) is 1.34. The first-order chi connectivity index (χ1) is 8.34. The van der Waals surface area contributed by atoms with E-state index in [1.807, 2.05) is 0 Å². The number of sulfonamides is 2. The van der Waals surface area contributed by atoms with Crippen molar-refractivity contribution < 1.29 is 16.8 Å². The summed E-state index contributed by atoms with van der Waals surface area (Å²) in [5, 5.41) is 5.04. The molecule has 8 heteroatoms. The third-order valence-corrected chi connectivity index (χ3v) is 5.73. The molecule has 6 nitrogen and oxygen atoms in total. The summed E-state index contributed by atoms with van der Waals surface area (Å²) >= 11 is 0. The van der Waals surface area contributed by atoms with Crippen LogP contribution in [0.4, 0.5) is 5.69 Å². The van der Waals surface area contributed by atoms with Gasteiger partial charge in [-0.25, -0.2) is 22.0 Å². The smallest absolute Gasteiger partial charge is 0.238 e. The second kappa shape index (κ2) is 4.77. The zero-order chi connectivity index (χ0) is 15.1. The van der Waals surface area contributed by atoms with Crippen LogP contribution in [-0.4, -0.2) is 21.6 Å². The monoisotopic (exact) mass is 306 g/mol. The predicted molar refractivity (Wildman–Crippen MR) is 74.8 cm³/mol. The van der Waals surface area contributed by atoms with Gasteiger partial charge in [-0.1, -0.05) is 0 Å². The van der Waals surface area contributed by atoms with Crippen LogP contribution in [0.3, 0.4) is 0 Å². The van der Waals surface area contributed by atoms with E-state index in [0.29, 0.717) is 11.3 Å². The number of anilines is 1. The largest absolute Gasteiger partial charge is 0.283 e. The summed E-state index contributed by atoms with van der Waals surface area (Å²) in [4.78, 5) is -0.0220. The summed E-state index contributed by atoms with van der Waals surface area (Å²) in [6.45, 7) is 6.26. The fraction of sp³-hybridized carbons (Fsp3) is 0.455. The number of hydrogen-bond donors (Lipinski definition) is 2. The maximum Gasteiger partial charge on any atom is 0.238 e. The molecular formula is C11H18N2O4S2. The molecule has 0 atom stereocenters. The van der Waals surface area contributed by atoms with Crippen molar-refractivity contribution in [3.05, 3.63) is 23.8 Å². The molecule has 0 saturated carbocycles. The molecule has 3 N–H and O–H groups in total. The maximum atomic E-state index is 12.0. The van der Waals surface area contributed by atoms with E-state index in [1.54, 1.807) is 27.7 Å². The van der Waals surface area contributed by atoms with Crippen molar-refractivity contribution in [2.24, 2.45) is 5.14 Å². The van der Waals surface area contributed by atoms with Crippen LogP contribution < -0.4 is 9.86 Å². The molecule has 0 bridgehead atoms. The predicted octanol–water partition coefficient (Wildman–Crippen LogP) is 1.18. The minimum Gasteiger partial charge on any atom is -0.283 e. The zero-order valence-electron chi connectivity index (χ0n) is 11.3. The summed E-state index contributed by atoms with van der Waals surface area (Å²) in [6.07, 6.45) is 0. The highest BCUT2D eigenvalue weighted by Crippen LogP contribution is 2.23. The van der Waals surface area contributed by atoms with E-state index < -0.39 is 24.8 Å². The second-order valence-corrected chi connectivity index (χ2v) is 9.21. The Hall–Kier alpha value is -1.12. The molecule has 0 radical (unpaired) electrons. The minimum atomic E-state index is -3.80. The van der Waals surface area contributed by atoms with Crippen LogP contribution in [0.25, 0.3) is 0 Å². The summed E-state index contributed by atoms with van der Waals surface area (Å²) in [5.74, 6) is 0. The normalized spacial score (nSPS) is 13.3. The van der Waals surface area contributed by atoms with Crippen molar-refractivity contribution in [3.8, 4) is 0 Å². The van der Waals surface area contributed by atoms with Gasteiger partial charge < -0.3 is 0 Å². The van der Waals surface area contributed by atoms with Crippen molar-refractivity contribution in [3.63, 3.8) is 0 Å². The molecule has 19 heavy (non-hydrogen) atoms. The number of benzene rings is 1. The van der Waals surface area contributed by atoms with Crippen LogP contribution in [0.15, 0.2) is 23.1 Å². The third kappa shape index (κ3) is 3.68. The van der Waals surface area contributed by atoms with Gasteiger partial charge in [-0.3, -0.25) is 4.72 Å². The molecule has 0 aliphatic rings. The number of nitrogens with one attached hydrogen (secondary N) is 1. The van der Waals surface area contributed by atoms with Crippen molar-refractivity contribution in [2.45, 2.75) is 37.3 Å².